The van der Waals surface area contributed by atoms with Gasteiger partial charge >= 0.3 is 0 Å². The molecule has 0 spiro atoms. The van der Waals surface area contributed by atoms with Crippen molar-refractivity contribution in [2.24, 2.45) is 0 Å². The molecule has 0 aliphatic rings. The molecule has 16 heavy (non-hydrogen) atoms. The summed E-state index contributed by atoms with van der Waals surface area (Å²) in [5, 5.41) is 4.92. The van der Waals surface area contributed by atoms with Crippen LogP contribution in [0.15, 0.2) is 36.8 Å². The fourth-order valence-corrected chi connectivity index (χ4v) is 2.29. The van der Waals surface area contributed by atoms with Crippen LogP contribution in [-0.2, 0) is 0 Å². The summed E-state index contributed by atoms with van der Waals surface area (Å²) >= 11 is 0. The Kier molecular flexibility index (Phi) is 1.90. The van der Waals surface area contributed by atoms with E-state index in [9.17, 15) is 0 Å². The van der Waals surface area contributed by atoms with Crippen molar-refractivity contribution in [3.8, 4) is 0 Å². The Labute approximate surface area is 94.0 Å². The number of hydrogen-bond donors (Lipinski definition) is 0. The second-order valence-electron chi connectivity index (χ2n) is 4.11. The Morgan fingerprint density at radius 2 is 1.88 bits per heavy atom. The molecule has 0 bridgehead atoms. The van der Waals surface area contributed by atoms with Gasteiger partial charge in [0.1, 0.15) is 0 Å². The minimum atomic E-state index is 1.07. The van der Waals surface area contributed by atoms with Crippen LogP contribution in [0.3, 0.4) is 0 Å². The van der Waals surface area contributed by atoms with E-state index in [0.717, 1.165) is 5.69 Å². The van der Waals surface area contributed by atoms with Gasteiger partial charge in [-0.25, -0.2) is 0 Å². The summed E-state index contributed by atoms with van der Waals surface area (Å²) in [6.07, 6.45) is 5.62. The summed E-state index contributed by atoms with van der Waals surface area (Å²) in [5.41, 5.74) is 2.36. The Balaban J connectivity index is 2.67. The van der Waals surface area contributed by atoms with E-state index in [-0.39, 0.29) is 0 Å². The minimum absolute atomic E-state index is 1.07. The van der Waals surface area contributed by atoms with E-state index in [4.69, 9.17) is 0 Å². The van der Waals surface area contributed by atoms with Crippen LogP contribution >= 0.6 is 0 Å². The van der Waals surface area contributed by atoms with Crippen LogP contribution in [0, 0.1) is 13.8 Å². The van der Waals surface area contributed by atoms with Crippen molar-refractivity contribution in [3.05, 3.63) is 48.0 Å². The minimum Gasteiger partial charge on any atom is -0.264 e. The molecule has 0 fully saturated rings. The third kappa shape index (κ3) is 1.20. The van der Waals surface area contributed by atoms with Crippen molar-refractivity contribution in [2.75, 3.05) is 0 Å². The largest absolute Gasteiger partial charge is 0.264 e. The average molecular weight is 208 g/mol. The van der Waals surface area contributed by atoms with Gasteiger partial charge in [0, 0.05) is 35.1 Å². The molecule has 0 saturated heterocycles. The molecule has 1 aromatic carbocycles. The van der Waals surface area contributed by atoms with Gasteiger partial charge in [0.2, 0.25) is 0 Å². The number of nitrogens with zero attached hydrogens (tertiary/aromatic N) is 2. The first-order chi connectivity index (χ1) is 7.77. The first-order valence-corrected chi connectivity index (χ1v) is 5.36. The summed E-state index contributed by atoms with van der Waals surface area (Å²) in [5.74, 6) is 0. The highest BCUT2D eigenvalue weighted by atomic mass is 14.7. The Bertz CT molecular complexity index is 687. The van der Waals surface area contributed by atoms with Crippen molar-refractivity contribution < 1.29 is 0 Å². The molecule has 2 nitrogen and oxygen atoms in total. The maximum Gasteiger partial charge on any atom is 0.0457 e. The normalized spacial score (nSPS) is 11.1. The zero-order chi connectivity index (χ0) is 11.1. The lowest BCUT2D eigenvalue weighted by atomic mass is 9.99. The maximum absolute atomic E-state index is 4.37. The first-order valence-electron chi connectivity index (χ1n) is 5.36. The van der Waals surface area contributed by atoms with Crippen molar-refractivity contribution in [3.63, 3.8) is 0 Å². The summed E-state index contributed by atoms with van der Waals surface area (Å²) in [6, 6.07) is 6.33. The number of aryl methyl sites for hydroxylation is 2. The van der Waals surface area contributed by atoms with Crippen LogP contribution in [0.5, 0.6) is 0 Å². The van der Waals surface area contributed by atoms with E-state index in [1.54, 1.807) is 0 Å². The Hall–Kier alpha value is -1.96. The Morgan fingerprint density at radius 3 is 2.75 bits per heavy atom. The van der Waals surface area contributed by atoms with E-state index < -0.39 is 0 Å². The van der Waals surface area contributed by atoms with Gasteiger partial charge in [0.25, 0.3) is 0 Å². The van der Waals surface area contributed by atoms with E-state index >= 15 is 0 Å². The zero-order valence-corrected chi connectivity index (χ0v) is 9.36. The molecule has 2 aromatic heterocycles. The molecule has 0 amide bonds. The predicted octanol–water partition coefficient (Wildman–Crippen LogP) is 3.40. The van der Waals surface area contributed by atoms with Gasteiger partial charge in [-0.1, -0.05) is 6.07 Å². The van der Waals surface area contributed by atoms with E-state index in [1.165, 1.54) is 27.1 Å². The van der Waals surface area contributed by atoms with Crippen molar-refractivity contribution >= 4 is 21.5 Å². The highest BCUT2D eigenvalue weighted by molar-refractivity contribution is 6.09. The first kappa shape index (κ1) is 9.28. The van der Waals surface area contributed by atoms with E-state index in [0.29, 0.717) is 0 Å². The van der Waals surface area contributed by atoms with Gasteiger partial charge in [-0.15, -0.1) is 0 Å². The van der Waals surface area contributed by atoms with Gasteiger partial charge in [-0.2, -0.15) is 0 Å². The van der Waals surface area contributed by atoms with Crippen LogP contribution in [0.1, 0.15) is 11.3 Å². The lowest BCUT2D eigenvalue weighted by Gasteiger charge is -2.08. The molecule has 2 heterocycles. The van der Waals surface area contributed by atoms with Crippen LogP contribution in [0.25, 0.3) is 21.5 Å². The summed E-state index contributed by atoms with van der Waals surface area (Å²) < 4.78 is 0. The molecule has 3 rings (SSSR count). The quantitative estimate of drug-likeness (QED) is 0.529. The van der Waals surface area contributed by atoms with Crippen LogP contribution in [0.2, 0.25) is 0 Å². The van der Waals surface area contributed by atoms with Crippen LogP contribution in [-0.4, -0.2) is 9.97 Å². The fraction of sp³-hybridized carbons (Fsp3) is 0.143. The van der Waals surface area contributed by atoms with Gasteiger partial charge < -0.3 is 0 Å². The van der Waals surface area contributed by atoms with Crippen molar-refractivity contribution in [1.82, 2.24) is 9.97 Å². The standard InChI is InChI=1S/C14H12N2/c1-9-7-11-3-5-15-8-13(11)14-10(2)16-6-4-12(9)14/h3-8H,1-2H3. The summed E-state index contributed by atoms with van der Waals surface area (Å²) in [6.45, 7) is 4.19. The smallest absolute Gasteiger partial charge is 0.0457 e. The monoisotopic (exact) mass is 208 g/mol. The summed E-state index contributed by atoms with van der Waals surface area (Å²) in [4.78, 5) is 8.58. The number of rotatable bonds is 0. The van der Waals surface area contributed by atoms with E-state index in [2.05, 4.69) is 29.0 Å². The Morgan fingerprint density at radius 1 is 1.00 bits per heavy atom. The summed E-state index contributed by atoms with van der Waals surface area (Å²) in [7, 11) is 0. The molecule has 0 N–H and O–H groups in total. The molecule has 0 radical (unpaired) electrons. The van der Waals surface area contributed by atoms with Crippen molar-refractivity contribution in [2.45, 2.75) is 13.8 Å². The number of fused-ring (bicyclic) bond motifs is 3. The topological polar surface area (TPSA) is 25.8 Å². The highest BCUT2D eigenvalue weighted by Crippen LogP contribution is 2.28. The second kappa shape index (κ2) is 3.27. The van der Waals surface area contributed by atoms with Gasteiger partial charge in [0.15, 0.2) is 0 Å². The van der Waals surface area contributed by atoms with Gasteiger partial charge in [-0.05, 0) is 42.3 Å². The molecule has 3 aromatic rings. The zero-order valence-electron chi connectivity index (χ0n) is 9.36. The predicted molar refractivity (Wildman–Crippen MR) is 66.5 cm³/mol. The van der Waals surface area contributed by atoms with E-state index in [1.807, 2.05) is 31.6 Å². The van der Waals surface area contributed by atoms with Gasteiger partial charge in [0.05, 0.1) is 0 Å². The van der Waals surface area contributed by atoms with Crippen LogP contribution in [0.4, 0.5) is 0 Å². The second-order valence-corrected chi connectivity index (χ2v) is 4.11. The number of hydrogen-bond acceptors (Lipinski definition) is 2. The highest BCUT2D eigenvalue weighted by Gasteiger charge is 2.06. The molecule has 0 atom stereocenters. The molecule has 78 valence electrons. The lowest BCUT2D eigenvalue weighted by Crippen LogP contribution is -1.88. The molecule has 0 saturated carbocycles. The average Bonchev–Trinajstić information content (AvgIpc) is 2.30. The maximum atomic E-state index is 4.37. The number of benzene rings is 1. The molecule has 2 heteroatoms. The van der Waals surface area contributed by atoms with Crippen LogP contribution < -0.4 is 0 Å². The molecule has 0 aliphatic carbocycles. The SMILES string of the molecule is Cc1cc2ccncc2c2c(C)nccc12. The number of pyridine rings is 2. The fourth-order valence-electron chi connectivity index (χ4n) is 2.29. The molecule has 0 unspecified atom stereocenters. The molecular formula is C14H12N2. The third-order valence-corrected chi connectivity index (χ3v) is 3.06. The van der Waals surface area contributed by atoms with Crippen molar-refractivity contribution in [1.29, 1.82) is 0 Å². The van der Waals surface area contributed by atoms with Gasteiger partial charge in [-0.3, -0.25) is 9.97 Å². The third-order valence-electron chi connectivity index (χ3n) is 3.06. The number of aromatic nitrogens is 2. The molecule has 0 aliphatic heterocycles. The lowest BCUT2D eigenvalue weighted by molar-refractivity contribution is 1.23. The molecular weight excluding hydrogens is 196 g/mol.